The van der Waals surface area contributed by atoms with Gasteiger partial charge in [0.2, 0.25) is 0 Å². The SMILES string of the molecule is COCOCC1CCCN1CN1CCC[C@H]1COCOC. The Morgan fingerprint density at radius 3 is 1.71 bits per heavy atom. The van der Waals surface area contributed by atoms with E-state index >= 15 is 0 Å². The van der Waals surface area contributed by atoms with Crippen LogP contribution in [0.15, 0.2) is 0 Å². The van der Waals surface area contributed by atoms with Crippen LogP contribution in [0.4, 0.5) is 0 Å². The molecule has 2 rings (SSSR count). The minimum atomic E-state index is 0.390. The summed E-state index contributed by atoms with van der Waals surface area (Å²) in [5.74, 6) is 0. The zero-order valence-electron chi connectivity index (χ0n) is 13.5. The van der Waals surface area contributed by atoms with Gasteiger partial charge in [0.25, 0.3) is 0 Å². The van der Waals surface area contributed by atoms with Crippen LogP contribution in [0.25, 0.3) is 0 Å². The summed E-state index contributed by atoms with van der Waals surface area (Å²) >= 11 is 0. The predicted molar refractivity (Wildman–Crippen MR) is 80.0 cm³/mol. The van der Waals surface area contributed by atoms with E-state index in [1.165, 1.54) is 38.8 Å². The zero-order valence-corrected chi connectivity index (χ0v) is 13.5. The summed E-state index contributed by atoms with van der Waals surface area (Å²) in [6.07, 6.45) is 4.98. The van der Waals surface area contributed by atoms with Crippen molar-refractivity contribution < 1.29 is 18.9 Å². The van der Waals surface area contributed by atoms with E-state index in [-0.39, 0.29) is 0 Å². The molecule has 2 atom stereocenters. The highest BCUT2D eigenvalue weighted by atomic mass is 16.7. The molecule has 2 aliphatic heterocycles. The van der Waals surface area contributed by atoms with Crippen molar-refractivity contribution in [3.05, 3.63) is 0 Å². The monoisotopic (exact) mass is 302 g/mol. The number of rotatable bonds is 10. The lowest BCUT2D eigenvalue weighted by molar-refractivity contribution is -0.0614. The Balaban J connectivity index is 1.73. The minimum absolute atomic E-state index is 0.390. The van der Waals surface area contributed by atoms with E-state index < -0.39 is 0 Å². The van der Waals surface area contributed by atoms with Crippen molar-refractivity contribution in [2.24, 2.45) is 0 Å². The van der Waals surface area contributed by atoms with E-state index in [2.05, 4.69) is 9.80 Å². The number of hydrogen-bond acceptors (Lipinski definition) is 6. The minimum Gasteiger partial charge on any atom is -0.359 e. The van der Waals surface area contributed by atoms with Gasteiger partial charge in [0.1, 0.15) is 13.6 Å². The van der Waals surface area contributed by atoms with Crippen LogP contribution in [0, 0.1) is 0 Å². The second-order valence-corrected chi connectivity index (χ2v) is 5.91. The molecule has 0 aromatic carbocycles. The van der Waals surface area contributed by atoms with Gasteiger partial charge in [0, 0.05) is 26.3 Å². The van der Waals surface area contributed by atoms with Crippen LogP contribution in [-0.4, -0.2) is 82.7 Å². The predicted octanol–water partition coefficient (Wildman–Crippen LogP) is 1.11. The molecule has 0 saturated carbocycles. The van der Waals surface area contributed by atoms with Crippen molar-refractivity contribution in [3.8, 4) is 0 Å². The number of nitrogens with zero attached hydrogens (tertiary/aromatic N) is 2. The maximum atomic E-state index is 5.54. The first-order valence-corrected chi connectivity index (χ1v) is 7.96. The van der Waals surface area contributed by atoms with Crippen LogP contribution < -0.4 is 0 Å². The maximum absolute atomic E-state index is 5.54. The third kappa shape index (κ3) is 5.47. The average Bonchev–Trinajstić information content (AvgIpc) is 3.10. The van der Waals surface area contributed by atoms with Gasteiger partial charge in [0.05, 0.1) is 19.9 Å². The molecule has 2 fully saturated rings. The van der Waals surface area contributed by atoms with Gasteiger partial charge in [-0.15, -0.1) is 0 Å². The molecule has 0 spiro atoms. The van der Waals surface area contributed by atoms with Crippen molar-refractivity contribution in [1.29, 1.82) is 0 Å². The highest BCUT2D eigenvalue weighted by molar-refractivity contribution is 4.84. The third-order valence-electron chi connectivity index (χ3n) is 4.38. The Morgan fingerprint density at radius 1 is 0.810 bits per heavy atom. The second-order valence-electron chi connectivity index (χ2n) is 5.91. The van der Waals surface area contributed by atoms with E-state index in [1.54, 1.807) is 14.2 Å². The van der Waals surface area contributed by atoms with E-state index in [0.29, 0.717) is 25.7 Å². The van der Waals surface area contributed by atoms with Crippen LogP contribution in [0.2, 0.25) is 0 Å². The fraction of sp³-hybridized carbons (Fsp3) is 1.00. The summed E-state index contributed by atoms with van der Waals surface area (Å²) in [6, 6.07) is 1.06. The lowest BCUT2D eigenvalue weighted by Gasteiger charge is -2.32. The van der Waals surface area contributed by atoms with Gasteiger partial charge in [-0.3, -0.25) is 9.80 Å². The first-order valence-electron chi connectivity index (χ1n) is 7.96. The van der Waals surface area contributed by atoms with Crippen molar-refractivity contribution in [3.63, 3.8) is 0 Å². The summed E-state index contributed by atoms with van der Waals surface area (Å²) < 4.78 is 21.0. The van der Waals surface area contributed by atoms with E-state index in [0.717, 1.165) is 19.9 Å². The molecule has 6 nitrogen and oxygen atoms in total. The molecule has 0 aromatic heterocycles. The van der Waals surface area contributed by atoms with Crippen molar-refractivity contribution in [2.45, 2.75) is 37.8 Å². The van der Waals surface area contributed by atoms with Crippen LogP contribution in [0.5, 0.6) is 0 Å². The van der Waals surface area contributed by atoms with Crippen LogP contribution in [0.3, 0.4) is 0 Å². The third-order valence-corrected chi connectivity index (χ3v) is 4.38. The molecule has 2 heterocycles. The van der Waals surface area contributed by atoms with Gasteiger partial charge in [-0.05, 0) is 38.8 Å². The highest BCUT2D eigenvalue weighted by Gasteiger charge is 2.31. The lowest BCUT2D eigenvalue weighted by Crippen LogP contribution is -2.45. The van der Waals surface area contributed by atoms with Gasteiger partial charge in [0.15, 0.2) is 0 Å². The molecule has 0 radical (unpaired) electrons. The number of hydrogen-bond donors (Lipinski definition) is 0. The van der Waals surface area contributed by atoms with Gasteiger partial charge in [-0.25, -0.2) is 0 Å². The van der Waals surface area contributed by atoms with Gasteiger partial charge < -0.3 is 18.9 Å². The van der Waals surface area contributed by atoms with Crippen molar-refractivity contribution in [1.82, 2.24) is 9.80 Å². The molecular formula is C15H30N2O4. The molecule has 2 aliphatic rings. The largest absolute Gasteiger partial charge is 0.359 e. The average molecular weight is 302 g/mol. The Bertz CT molecular complexity index is 254. The van der Waals surface area contributed by atoms with Crippen molar-refractivity contribution >= 4 is 0 Å². The molecule has 0 bridgehead atoms. The Morgan fingerprint density at radius 2 is 1.29 bits per heavy atom. The number of likely N-dealkylation sites (tertiary alicyclic amines) is 2. The van der Waals surface area contributed by atoms with E-state index in [4.69, 9.17) is 18.9 Å². The standard InChI is InChI=1S/C15H30N2O4/c1-18-12-20-9-14-5-3-7-16(14)11-17-8-4-6-15(17)10-21-13-19-2/h14-15H,3-13H2,1-2H3/t14-,15?/m0/s1. The Labute approximate surface area is 128 Å². The van der Waals surface area contributed by atoms with Crippen LogP contribution >= 0.6 is 0 Å². The molecule has 0 aliphatic carbocycles. The molecule has 6 heteroatoms. The van der Waals surface area contributed by atoms with Crippen LogP contribution in [0.1, 0.15) is 25.7 Å². The molecule has 0 aromatic rings. The van der Waals surface area contributed by atoms with Crippen LogP contribution in [-0.2, 0) is 18.9 Å². The maximum Gasteiger partial charge on any atom is 0.146 e. The Hall–Kier alpha value is -0.240. The topological polar surface area (TPSA) is 43.4 Å². The highest BCUT2D eigenvalue weighted by Crippen LogP contribution is 2.23. The smallest absolute Gasteiger partial charge is 0.146 e. The summed E-state index contributed by atoms with van der Waals surface area (Å²) in [7, 11) is 3.34. The lowest BCUT2D eigenvalue weighted by atomic mass is 10.2. The molecule has 0 amide bonds. The zero-order chi connectivity index (χ0) is 14.9. The first-order chi connectivity index (χ1) is 10.3. The van der Waals surface area contributed by atoms with E-state index in [9.17, 15) is 0 Å². The fourth-order valence-corrected chi connectivity index (χ4v) is 3.31. The molecule has 1 unspecified atom stereocenters. The summed E-state index contributed by atoms with van der Waals surface area (Å²) in [4.78, 5) is 5.09. The first kappa shape index (κ1) is 17.1. The quantitative estimate of drug-likeness (QED) is 0.445. The Kier molecular flexibility index (Phi) is 7.92. The molecule has 2 saturated heterocycles. The van der Waals surface area contributed by atoms with Gasteiger partial charge >= 0.3 is 0 Å². The summed E-state index contributed by atoms with van der Waals surface area (Å²) in [5.41, 5.74) is 0. The molecule has 124 valence electrons. The fourth-order valence-electron chi connectivity index (χ4n) is 3.31. The summed E-state index contributed by atoms with van der Waals surface area (Å²) in [6.45, 7) is 5.69. The molecule has 21 heavy (non-hydrogen) atoms. The van der Waals surface area contributed by atoms with E-state index in [1.807, 2.05) is 0 Å². The normalized spacial score (nSPS) is 27.7. The van der Waals surface area contributed by atoms with Crippen molar-refractivity contribution in [2.75, 3.05) is 60.8 Å². The summed E-state index contributed by atoms with van der Waals surface area (Å²) in [5, 5.41) is 0. The number of methoxy groups -OCH3 is 2. The second kappa shape index (κ2) is 9.71. The molecular weight excluding hydrogens is 272 g/mol. The number of ether oxygens (including phenoxy) is 4. The van der Waals surface area contributed by atoms with Gasteiger partial charge in [-0.2, -0.15) is 0 Å². The van der Waals surface area contributed by atoms with Gasteiger partial charge in [-0.1, -0.05) is 0 Å². The molecule has 0 N–H and O–H groups in total.